The Morgan fingerprint density at radius 3 is 1.69 bits per heavy atom. The summed E-state index contributed by atoms with van der Waals surface area (Å²) in [5.74, 6) is -2.24. The van der Waals surface area contributed by atoms with Crippen LogP contribution in [0.15, 0.2) is 0 Å². The molecule has 0 aromatic rings. The highest BCUT2D eigenvalue weighted by Crippen LogP contribution is 2.32. The van der Waals surface area contributed by atoms with E-state index in [1.54, 1.807) is 0 Å². The highest BCUT2D eigenvalue weighted by atomic mass is 16.7. The van der Waals surface area contributed by atoms with Gasteiger partial charge < -0.3 is 106 Å². The van der Waals surface area contributed by atoms with Gasteiger partial charge in [-0.1, -0.05) is 0 Å². The fourth-order valence-corrected chi connectivity index (χ4v) is 6.25. The Bertz CT molecular complexity index is 1210. The number of aliphatic hydroxyl groups excluding tert-OH is 12. The van der Waals surface area contributed by atoms with Crippen molar-refractivity contribution in [1.82, 2.24) is 16.0 Å². The molecule has 0 saturated carbocycles. The Labute approximate surface area is 308 Å². The molecular formula is C30H53N3O21. The molecule has 3 aliphatic heterocycles. The van der Waals surface area contributed by atoms with Crippen LogP contribution >= 0.6 is 0 Å². The monoisotopic (exact) mass is 791 g/mol. The summed E-state index contributed by atoms with van der Waals surface area (Å²) in [4.78, 5) is 36.4. The SMILES string of the molecule is CC(=O)NC1C(OC[C@H]2O[C@H](O[C@@H]([C@@H](O)[C@H](O)CO)[C@H](CO)NC(C)=O)[C@H](NC(C)=O)[C@@H](OC3O[C@H](CO)[C@H](O)[C@H](O)[C@H]3O)[C@H]2O)OC(CO)C(O)C1O. The zero-order valence-corrected chi connectivity index (χ0v) is 29.5. The van der Waals surface area contributed by atoms with Crippen LogP contribution in [-0.4, -0.2) is 228 Å². The summed E-state index contributed by atoms with van der Waals surface area (Å²) in [5, 5.41) is 132. The molecule has 0 spiro atoms. The summed E-state index contributed by atoms with van der Waals surface area (Å²) in [5.41, 5.74) is 0. The van der Waals surface area contributed by atoms with E-state index in [1.165, 1.54) is 0 Å². The molecule has 19 atom stereocenters. The van der Waals surface area contributed by atoms with Crippen molar-refractivity contribution in [2.24, 2.45) is 0 Å². The maximum Gasteiger partial charge on any atom is 0.217 e. The second kappa shape index (κ2) is 20.7. The van der Waals surface area contributed by atoms with E-state index in [4.69, 9.17) is 28.4 Å². The highest BCUT2D eigenvalue weighted by molar-refractivity contribution is 5.74. The molecule has 3 fully saturated rings. The van der Waals surface area contributed by atoms with Gasteiger partial charge in [0, 0.05) is 20.8 Å². The van der Waals surface area contributed by atoms with Crippen LogP contribution in [0.1, 0.15) is 20.8 Å². The van der Waals surface area contributed by atoms with Gasteiger partial charge in [0.25, 0.3) is 0 Å². The zero-order valence-electron chi connectivity index (χ0n) is 29.5. The van der Waals surface area contributed by atoms with Gasteiger partial charge in [-0.15, -0.1) is 0 Å². The first-order chi connectivity index (χ1) is 25.4. The van der Waals surface area contributed by atoms with Gasteiger partial charge in [-0.25, -0.2) is 0 Å². The number of aliphatic hydroxyl groups is 12. The largest absolute Gasteiger partial charge is 0.394 e. The lowest BCUT2D eigenvalue weighted by Crippen LogP contribution is -2.70. The fourth-order valence-electron chi connectivity index (χ4n) is 6.25. The van der Waals surface area contributed by atoms with Gasteiger partial charge in [-0.05, 0) is 0 Å². The van der Waals surface area contributed by atoms with E-state index < -0.39 is 167 Å². The molecule has 24 nitrogen and oxygen atoms in total. The Morgan fingerprint density at radius 1 is 0.630 bits per heavy atom. The highest BCUT2D eigenvalue weighted by Gasteiger charge is 2.54. The Kier molecular flexibility index (Phi) is 17.7. The van der Waals surface area contributed by atoms with Crippen LogP contribution in [0.25, 0.3) is 0 Å². The lowest BCUT2D eigenvalue weighted by molar-refractivity contribution is -0.355. The average Bonchev–Trinajstić information content (AvgIpc) is 3.12. The number of carbonyl (C=O) groups is 3. The molecular weight excluding hydrogens is 738 g/mol. The van der Waals surface area contributed by atoms with Crippen LogP contribution in [0.4, 0.5) is 0 Å². The molecule has 3 heterocycles. The van der Waals surface area contributed by atoms with E-state index in [9.17, 15) is 75.7 Å². The second-order valence-electron chi connectivity index (χ2n) is 13.2. The van der Waals surface area contributed by atoms with Crippen LogP contribution in [0, 0.1) is 0 Å². The Morgan fingerprint density at radius 2 is 1.17 bits per heavy atom. The molecule has 3 rings (SSSR count). The number of rotatable bonds is 17. The lowest BCUT2D eigenvalue weighted by atomic mass is 9.94. The van der Waals surface area contributed by atoms with Crippen molar-refractivity contribution < 1.29 is 104 Å². The number of hydrogen-bond acceptors (Lipinski definition) is 21. The van der Waals surface area contributed by atoms with E-state index in [0.717, 1.165) is 20.8 Å². The summed E-state index contributed by atoms with van der Waals surface area (Å²) in [6, 6.07) is -4.68. The maximum absolute atomic E-state index is 12.5. The summed E-state index contributed by atoms with van der Waals surface area (Å²) in [7, 11) is 0. The van der Waals surface area contributed by atoms with Gasteiger partial charge in [-0.2, -0.15) is 0 Å². The molecule has 24 heteroatoms. The van der Waals surface area contributed by atoms with Crippen molar-refractivity contribution in [3.8, 4) is 0 Å². The first kappa shape index (κ1) is 46.1. The Hall–Kier alpha value is -2.31. The molecule has 314 valence electrons. The minimum Gasteiger partial charge on any atom is -0.394 e. The molecule has 3 aliphatic rings. The van der Waals surface area contributed by atoms with Crippen LogP contribution < -0.4 is 16.0 Å². The van der Waals surface area contributed by atoms with Gasteiger partial charge in [-0.3, -0.25) is 14.4 Å². The topological polar surface area (TPSA) is 385 Å². The van der Waals surface area contributed by atoms with Gasteiger partial charge >= 0.3 is 0 Å². The maximum atomic E-state index is 12.5. The molecule has 0 aromatic heterocycles. The van der Waals surface area contributed by atoms with E-state index in [1.807, 2.05) is 0 Å². The molecule has 3 saturated heterocycles. The summed E-state index contributed by atoms with van der Waals surface area (Å²) < 4.78 is 34.6. The molecule has 0 aromatic carbocycles. The molecule has 3 amide bonds. The first-order valence-electron chi connectivity index (χ1n) is 17.0. The quantitative estimate of drug-likeness (QED) is 0.0650. The zero-order chi connectivity index (χ0) is 40.6. The van der Waals surface area contributed by atoms with Crippen molar-refractivity contribution in [3.05, 3.63) is 0 Å². The standard InChI is InChI=1S/C30H53N3O21/c1-9(38)31-12(4-34)26(19(42)13(41)5-35)53-29-18(33-11(3)40)27(54-30-25(48)24(47)21(44)15(7-37)51-30)22(45)16(52-29)8-49-28-17(32-10(2)39)23(46)20(43)14(6-36)50-28/h12-30,34-37,41-48H,4-8H2,1-3H3,(H,31,38)(H,32,39)(H,33,40)/t12-,13+,14?,15+,16+,17?,18+,19-,20?,21-,22-,23?,24-,25+,26+,27+,28?,29+,30?/m0/s1. The number of amides is 3. The van der Waals surface area contributed by atoms with Crippen LogP contribution in [0.3, 0.4) is 0 Å². The van der Waals surface area contributed by atoms with Crippen molar-refractivity contribution in [2.45, 2.75) is 137 Å². The van der Waals surface area contributed by atoms with Gasteiger partial charge in [0.1, 0.15) is 91.4 Å². The van der Waals surface area contributed by atoms with Gasteiger partial charge in [0.2, 0.25) is 17.7 Å². The smallest absolute Gasteiger partial charge is 0.217 e. The van der Waals surface area contributed by atoms with E-state index in [-0.39, 0.29) is 0 Å². The van der Waals surface area contributed by atoms with Crippen LogP contribution in [0.5, 0.6) is 0 Å². The second-order valence-corrected chi connectivity index (χ2v) is 13.2. The number of ether oxygens (including phenoxy) is 6. The minimum absolute atomic E-state index is 0.688. The average molecular weight is 792 g/mol. The lowest BCUT2D eigenvalue weighted by Gasteiger charge is -2.49. The van der Waals surface area contributed by atoms with E-state index in [2.05, 4.69) is 16.0 Å². The predicted octanol–water partition coefficient (Wildman–Crippen LogP) is -9.68. The van der Waals surface area contributed by atoms with Crippen molar-refractivity contribution in [2.75, 3.05) is 33.0 Å². The first-order valence-corrected chi connectivity index (χ1v) is 17.0. The third-order valence-electron chi connectivity index (χ3n) is 9.05. The molecule has 0 aliphatic carbocycles. The van der Waals surface area contributed by atoms with Crippen LogP contribution in [0.2, 0.25) is 0 Å². The van der Waals surface area contributed by atoms with Crippen LogP contribution in [-0.2, 0) is 42.8 Å². The number of nitrogens with one attached hydrogen (secondary N) is 3. The normalized spacial score (nSPS) is 39.5. The third-order valence-corrected chi connectivity index (χ3v) is 9.05. The van der Waals surface area contributed by atoms with E-state index in [0.29, 0.717) is 0 Å². The fraction of sp³-hybridized carbons (Fsp3) is 0.900. The van der Waals surface area contributed by atoms with Gasteiger partial charge in [0.15, 0.2) is 18.9 Å². The minimum atomic E-state index is -2.08. The molecule has 6 unspecified atom stereocenters. The predicted molar refractivity (Wildman–Crippen MR) is 171 cm³/mol. The van der Waals surface area contributed by atoms with Crippen molar-refractivity contribution in [1.29, 1.82) is 0 Å². The van der Waals surface area contributed by atoms with Crippen molar-refractivity contribution in [3.63, 3.8) is 0 Å². The molecule has 0 radical (unpaired) electrons. The number of carbonyl (C=O) groups excluding carboxylic acids is 3. The summed E-state index contributed by atoms with van der Waals surface area (Å²) in [6.07, 6.45) is -29.0. The van der Waals surface area contributed by atoms with Gasteiger partial charge in [0.05, 0.1) is 39.1 Å². The number of hydrogen-bond donors (Lipinski definition) is 15. The third kappa shape index (κ3) is 11.2. The summed E-state index contributed by atoms with van der Waals surface area (Å²) >= 11 is 0. The molecule has 0 bridgehead atoms. The molecule has 54 heavy (non-hydrogen) atoms. The Balaban J connectivity index is 2.08. The molecule has 15 N–H and O–H groups in total. The summed E-state index contributed by atoms with van der Waals surface area (Å²) in [6.45, 7) is -1.26. The van der Waals surface area contributed by atoms with E-state index >= 15 is 0 Å². The van der Waals surface area contributed by atoms with Crippen molar-refractivity contribution >= 4 is 17.7 Å².